The molecule has 0 fully saturated rings. The van der Waals surface area contributed by atoms with Crippen LogP contribution < -0.4 is 21.1 Å². The minimum absolute atomic E-state index is 0.0258. The van der Waals surface area contributed by atoms with Gasteiger partial charge in [0.05, 0.1) is 10.3 Å². The second-order valence-corrected chi connectivity index (χ2v) is 9.80. The van der Waals surface area contributed by atoms with Crippen LogP contribution in [0.5, 0.6) is 0 Å². The van der Waals surface area contributed by atoms with Crippen molar-refractivity contribution in [2.24, 2.45) is 0 Å². The van der Waals surface area contributed by atoms with Crippen LogP contribution in [0.25, 0.3) is 5.65 Å². The first-order chi connectivity index (χ1) is 15.6. The molecule has 0 atom stereocenters. The number of benzene rings is 2. The summed E-state index contributed by atoms with van der Waals surface area (Å²) in [5.41, 5.74) is 8.00. The van der Waals surface area contributed by atoms with Crippen molar-refractivity contribution in [3.63, 3.8) is 0 Å². The number of nitrogens with two attached hydrogens (primary N) is 1. The molecule has 1 aliphatic heterocycles. The highest BCUT2D eigenvalue weighted by Crippen LogP contribution is 2.38. The summed E-state index contributed by atoms with van der Waals surface area (Å²) in [6, 6.07) is 11.3. The van der Waals surface area contributed by atoms with Gasteiger partial charge in [0.25, 0.3) is 10.0 Å². The van der Waals surface area contributed by atoms with E-state index in [-0.39, 0.29) is 28.2 Å². The number of nitrogens with zero attached hydrogens (tertiary/aromatic N) is 4. The molecule has 0 saturated heterocycles. The summed E-state index contributed by atoms with van der Waals surface area (Å²) >= 11 is 0. The highest BCUT2D eigenvalue weighted by Gasteiger charge is 2.38. The number of rotatable bonds is 5. The van der Waals surface area contributed by atoms with Crippen LogP contribution in [-0.4, -0.2) is 33.9 Å². The number of aromatic nitrogens is 4. The van der Waals surface area contributed by atoms with Gasteiger partial charge in [0.2, 0.25) is 17.5 Å². The molecular weight excluding hydrogens is 444 g/mol. The molecule has 11 nitrogen and oxygen atoms in total. The lowest BCUT2D eigenvalue weighted by atomic mass is 9.86. The second-order valence-electron chi connectivity index (χ2n) is 8.12. The van der Waals surface area contributed by atoms with E-state index in [1.165, 1.54) is 35.0 Å². The Bertz CT molecular complexity index is 1510. The van der Waals surface area contributed by atoms with Crippen LogP contribution in [0.15, 0.2) is 59.8 Å². The fourth-order valence-corrected chi connectivity index (χ4v) is 4.59. The van der Waals surface area contributed by atoms with Gasteiger partial charge in [0.15, 0.2) is 5.82 Å². The molecule has 4 aromatic rings. The van der Waals surface area contributed by atoms with Crippen LogP contribution in [0.4, 0.5) is 28.8 Å². The second kappa shape index (κ2) is 7.17. The van der Waals surface area contributed by atoms with Gasteiger partial charge >= 0.3 is 0 Å². The first kappa shape index (κ1) is 20.7. The highest BCUT2D eigenvalue weighted by atomic mass is 32.2. The average molecular weight is 465 g/mol. The van der Waals surface area contributed by atoms with Gasteiger partial charge < -0.3 is 16.4 Å². The fraction of sp³-hybridized carbons (Fsp3) is 0.143. The van der Waals surface area contributed by atoms with Crippen LogP contribution in [-0.2, 0) is 20.2 Å². The lowest BCUT2D eigenvalue weighted by Crippen LogP contribution is -2.26. The Balaban J connectivity index is 1.44. The third-order valence-electron chi connectivity index (χ3n) is 5.44. The first-order valence-electron chi connectivity index (χ1n) is 9.96. The van der Waals surface area contributed by atoms with E-state index in [2.05, 4.69) is 30.4 Å². The smallest absolute Gasteiger partial charge is 0.263 e. The molecule has 5 rings (SSSR count). The largest absolute Gasteiger partial charge is 0.399 e. The van der Waals surface area contributed by atoms with E-state index < -0.39 is 15.4 Å². The molecule has 2 aromatic carbocycles. The van der Waals surface area contributed by atoms with Crippen LogP contribution in [0, 0.1) is 0 Å². The molecule has 12 heteroatoms. The summed E-state index contributed by atoms with van der Waals surface area (Å²) in [6.45, 7) is 3.73. The number of carbonyl (C=O) groups is 1. The number of carbonyl (C=O) groups excluding carboxylic acids is 1. The molecular formula is C21H20N8O3S. The topological polar surface area (TPSA) is 156 Å². The van der Waals surface area contributed by atoms with E-state index in [1.54, 1.807) is 12.3 Å². The standard InChI is InChI=1S/C21H20N8O3S/c1-21(2)15-8-5-13(11-16(15)25-19(21)30)24-20-26-18-17(23-9-10-29(18)27-20)28-33(31,32)14-6-3-12(22)4-7-14/h3-11H,22H2,1-2H3,(H,23,28)(H,24,27)(H,25,30). The number of sulfonamides is 1. The van der Waals surface area contributed by atoms with Crippen LogP contribution in [0.1, 0.15) is 19.4 Å². The lowest BCUT2D eigenvalue weighted by molar-refractivity contribution is -0.119. The Morgan fingerprint density at radius 2 is 1.88 bits per heavy atom. The predicted octanol–water partition coefficient (Wildman–Crippen LogP) is 2.48. The van der Waals surface area contributed by atoms with Crippen molar-refractivity contribution in [1.82, 2.24) is 19.6 Å². The summed E-state index contributed by atoms with van der Waals surface area (Å²) in [7, 11) is -3.90. The van der Waals surface area contributed by atoms with Gasteiger partial charge in [-0.2, -0.15) is 4.98 Å². The monoisotopic (exact) mass is 464 g/mol. The maximum Gasteiger partial charge on any atom is 0.263 e. The van der Waals surface area contributed by atoms with E-state index in [9.17, 15) is 13.2 Å². The Kier molecular flexibility index (Phi) is 4.50. The number of hydrogen-bond donors (Lipinski definition) is 4. The average Bonchev–Trinajstić information content (AvgIpc) is 3.26. The van der Waals surface area contributed by atoms with E-state index in [1.807, 2.05) is 26.0 Å². The summed E-state index contributed by atoms with van der Waals surface area (Å²) in [5, 5.41) is 10.3. The molecule has 1 aliphatic rings. The number of hydrogen-bond acceptors (Lipinski definition) is 8. The van der Waals surface area contributed by atoms with Crippen molar-refractivity contribution in [2.75, 3.05) is 21.1 Å². The molecule has 5 N–H and O–H groups in total. The Hall–Kier alpha value is -4.19. The van der Waals surface area contributed by atoms with E-state index in [0.29, 0.717) is 11.4 Å². The molecule has 168 valence electrons. The summed E-state index contributed by atoms with van der Waals surface area (Å²) in [4.78, 5) is 20.7. The number of anilines is 5. The van der Waals surface area contributed by atoms with Crippen LogP contribution in [0.3, 0.4) is 0 Å². The van der Waals surface area contributed by atoms with Crippen molar-refractivity contribution < 1.29 is 13.2 Å². The summed E-state index contributed by atoms with van der Waals surface area (Å²) < 4.78 is 29.3. The molecule has 1 amide bonds. The number of nitrogen functional groups attached to an aromatic ring is 1. The van der Waals surface area contributed by atoms with E-state index in [4.69, 9.17) is 5.73 Å². The molecule has 0 spiro atoms. The van der Waals surface area contributed by atoms with Crippen molar-refractivity contribution in [3.8, 4) is 0 Å². The molecule has 3 heterocycles. The zero-order chi connectivity index (χ0) is 23.4. The van der Waals surface area contributed by atoms with E-state index >= 15 is 0 Å². The number of nitrogens with one attached hydrogen (secondary N) is 3. The van der Waals surface area contributed by atoms with Crippen molar-refractivity contribution in [2.45, 2.75) is 24.2 Å². The molecule has 33 heavy (non-hydrogen) atoms. The Morgan fingerprint density at radius 1 is 1.12 bits per heavy atom. The van der Waals surface area contributed by atoms with Crippen molar-refractivity contribution >= 4 is 50.4 Å². The molecule has 2 aromatic heterocycles. The summed E-state index contributed by atoms with van der Waals surface area (Å²) in [6.07, 6.45) is 2.97. The number of fused-ring (bicyclic) bond motifs is 2. The lowest BCUT2D eigenvalue weighted by Gasteiger charge is -2.14. The van der Waals surface area contributed by atoms with Crippen molar-refractivity contribution in [1.29, 1.82) is 0 Å². The molecule has 0 radical (unpaired) electrons. The fourth-order valence-electron chi connectivity index (χ4n) is 3.58. The normalized spacial score (nSPS) is 14.7. The van der Waals surface area contributed by atoms with Crippen molar-refractivity contribution in [3.05, 3.63) is 60.4 Å². The number of amides is 1. The minimum Gasteiger partial charge on any atom is -0.399 e. The van der Waals surface area contributed by atoms with Gasteiger partial charge in [-0.25, -0.2) is 17.9 Å². The van der Waals surface area contributed by atoms with Crippen LogP contribution >= 0.6 is 0 Å². The predicted molar refractivity (Wildman–Crippen MR) is 124 cm³/mol. The Labute approximate surface area is 189 Å². The maximum atomic E-state index is 12.7. The molecule has 0 saturated carbocycles. The maximum absolute atomic E-state index is 12.7. The van der Waals surface area contributed by atoms with Gasteiger partial charge in [-0.3, -0.25) is 9.52 Å². The summed E-state index contributed by atoms with van der Waals surface area (Å²) in [5.74, 6) is 0.196. The highest BCUT2D eigenvalue weighted by molar-refractivity contribution is 7.92. The zero-order valence-corrected chi connectivity index (χ0v) is 18.5. The third-order valence-corrected chi connectivity index (χ3v) is 6.80. The molecule has 0 aliphatic carbocycles. The SMILES string of the molecule is CC1(C)C(=O)Nc2cc(Nc3nc4c(NS(=O)(=O)c5ccc(N)cc5)nccn4n3)ccc21. The van der Waals surface area contributed by atoms with E-state index in [0.717, 1.165) is 11.3 Å². The Morgan fingerprint density at radius 3 is 2.64 bits per heavy atom. The van der Waals surface area contributed by atoms with Gasteiger partial charge in [-0.05, 0) is 55.8 Å². The molecule has 0 bridgehead atoms. The molecule has 0 unspecified atom stereocenters. The third kappa shape index (κ3) is 3.59. The zero-order valence-electron chi connectivity index (χ0n) is 17.7. The van der Waals surface area contributed by atoms with Gasteiger partial charge in [-0.1, -0.05) is 6.07 Å². The quantitative estimate of drug-likeness (QED) is 0.328. The van der Waals surface area contributed by atoms with Gasteiger partial charge in [0, 0.05) is 29.5 Å². The van der Waals surface area contributed by atoms with Gasteiger partial charge in [-0.15, -0.1) is 5.10 Å². The first-order valence-corrected chi connectivity index (χ1v) is 11.4. The minimum atomic E-state index is -3.90. The van der Waals surface area contributed by atoms with Crippen LogP contribution in [0.2, 0.25) is 0 Å². The van der Waals surface area contributed by atoms with Gasteiger partial charge in [0.1, 0.15) is 0 Å².